The van der Waals surface area contributed by atoms with Gasteiger partial charge in [-0.15, -0.1) is 0 Å². The molecule has 3 saturated carbocycles. The fraction of sp³-hybridized carbons (Fsp3) is 0.941. The molecular formula is C17H29NO3. The van der Waals surface area contributed by atoms with Crippen molar-refractivity contribution in [1.82, 2.24) is 5.32 Å². The maximum absolute atomic E-state index is 12.6. The number of esters is 1. The Bertz CT molecular complexity index is 359. The minimum absolute atomic E-state index is 0.0918. The summed E-state index contributed by atoms with van der Waals surface area (Å²) in [6.45, 7) is 3.62. The van der Waals surface area contributed by atoms with E-state index in [2.05, 4.69) is 5.32 Å². The van der Waals surface area contributed by atoms with Crippen LogP contribution in [0.15, 0.2) is 0 Å². The number of nitrogens with one attached hydrogen (secondary N) is 1. The third kappa shape index (κ3) is 3.78. The zero-order valence-electron chi connectivity index (χ0n) is 13.2. The van der Waals surface area contributed by atoms with Crippen LogP contribution in [0.5, 0.6) is 0 Å². The summed E-state index contributed by atoms with van der Waals surface area (Å²) in [6, 6.07) is 0.491. The van der Waals surface area contributed by atoms with Gasteiger partial charge in [-0.05, 0) is 57.3 Å². The number of hydrogen-bond acceptors (Lipinski definition) is 4. The summed E-state index contributed by atoms with van der Waals surface area (Å²) in [5, 5.41) is 3.58. The molecule has 3 aliphatic carbocycles. The second kappa shape index (κ2) is 6.66. The summed E-state index contributed by atoms with van der Waals surface area (Å²) < 4.78 is 11.4. The first-order chi connectivity index (χ1) is 10.2. The van der Waals surface area contributed by atoms with Gasteiger partial charge >= 0.3 is 5.97 Å². The first-order valence-corrected chi connectivity index (χ1v) is 8.77. The third-order valence-electron chi connectivity index (χ3n) is 5.11. The molecule has 1 N–H and O–H groups in total. The fourth-order valence-electron chi connectivity index (χ4n) is 3.55. The number of rotatable bonds is 9. The minimum atomic E-state index is -0.574. The zero-order valence-corrected chi connectivity index (χ0v) is 13.2. The average molecular weight is 295 g/mol. The van der Waals surface area contributed by atoms with Crippen LogP contribution in [-0.4, -0.2) is 37.4 Å². The van der Waals surface area contributed by atoms with E-state index in [1.807, 2.05) is 6.92 Å². The summed E-state index contributed by atoms with van der Waals surface area (Å²) >= 11 is 0. The molecule has 0 bridgehead atoms. The molecule has 0 spiro atoms. The molecule has 3 fully saturated rings. The maximum Gasteiger partial charge on any atom is 0.329 e. The van der Waals surface area contributed by atoms with Gasteiger partial charge in [0.2, 0.25) is 0 Å². The lowest BCUT2D eigenvalue weighted by molar-refractivity contribution is -0.156. The second-order valence-corrected chi connectivity index (χ2v) is 7.05. The van der Waals surface area contributed by atoms with Crippen molar-refractivity contribution in [2.75, 3.05) is 19.8 Å². The summed E-state index contributed by atoms with van der Waals surface area (Å²) in [6.07, 6.45) is 9.82. The van der Waals surface area contributed by atoms with Crippen LogP contribution in [0.4, 0.5) is 0 Å². The number of ether oxygens (including phenoxy) is 2. The Balaban J connectivity index is 1.60. The van der Waals surface area contributed by atoms with Gasteiger partial charge in [0.15, 0.2) is 0 Å². The number of carbonyl (C=O) groups is 1. The molecule has 0 saturated heterocycles. The van der Waals surface area contributed by atoms with Crippen LogP contribution < -0.4 is 5.32 Å². The number of carbonyl (C=O) groups excluding carboxylic acids is 1. The predicted molar refractivity (Wildman–Crippen MR) is 81.0 cm³/mol. The van der Waals surface area contributed by atoms with Crippen molar-refractivity contribution in [3.05, 3.63) is 0 Å². The molecule has 0 aromatic heterocycles. The van der Waals surface area contributed by atoms with E-state index in [1.54, 1.807) is 0 Å². The molecule has 4 nitrogen and oxygen atoms in total. The highest BCUT2D eigenvalue weighted by Gasteiger charge is 2.54. The molecular weight excluding hydrogens is 266 g/mol. The highest BCUT2D eigenvalue weighted by Crippen LogP contribution is 2.42. The lowest BCUT2D eigenvalue weighted by Gasteiger charge is -2.33. The van der Waals surface area contributed by atoms with Gasteiger partial charge in [-0.1, -0.05) is 12.8 Å². The predicted octanol–water partition coefficient (Wildman–Crippen LogP) is 2.66. The Labute approximate surface area is 127 Å². The molecule has 21 heavy (non-hydrogen) atoms. The SMILES string of the molecule is CCOC(=O)C(COCC1CCCC1)(NC1CC1)C1CC1. The molecule has 0 aromatic carbocycles. The molecule has 1 atom stereocenters. The molecule has 120 valence electrons. The lowest BCUT2D eigenvalue weighted by Crippen LogP contribution is -2.59. The van der Waals surface area contributed by atoms with E-state index in [0.717, 1.165) is 19.4 Å². The van der Waals surface area contributed by atoms with Gasteiger partial charge in [-0.2, -0.15) is 0 Å². The third-order valence-corrected chi connectivity index (χ3v) is 5.11. The van der Waals surface area contributed by atoms with Crippen molar-refractivity contribution < 1.29 is 14.3 Å². The molecule has 1 unspecified atom stereocenters. The lowest BCUT2D eigenvalue weighted by atomic mass is 9.93. The Morgan fingerprint density at radius 3 is 2.43 bits per heavy atom. The van der Waals surface area contributed by atoms with Crippen molar-refractivity contribution in [2.45, 2.75) is 69.9 Å². The molecule has 0 heterocycles. The van der Waals surface area contributed by atoms with E-state index < -0.39 is 5.54 Å². The summed E-state index contributed by atoms with van der Waals surface area (Å²) in [5.74, 6) is 1.01. The normalized spacial score (nSPS) is 25.8. The summed E-state index contributed by atoms with van der Waals surface area (Å²) in [4.78, 5) is 12.6. The Morgan fingerprint density at radius 1 is 1.14 bits per heavy atom. The van der Waals surface area contributed by atoms with Gasteiger partial charge in [-0.25, -0.2) is 4.79 Å². The van der Waals surface area contributed by atoms with Crippen molar-refractivity contribution in [3.63, 3.8) is 0 Å². The van der Waals surface area contributed by atoms with E-state index in [0.29, 0.717) is 31.1 Å². The van der Waals surface area contributed by atoms with E-state index in [-0.39, 0.29) is 5.97 Å². The van der Waals surface area contributed by atoms with Gasteiger partial charge in [0, 0.05) is 12.6 Å². The Kier molecular flexibility index (Phi) is 4.85. The highest BCUT2D eigenvalue weighted by atomic mass is 16.5. The van der Waals surface area contributed by atoms with Crippen LogP contribution in [0.3, 0.4) is 0 Å². The maximum atomic E-state index is 12.6. The van der Waals surface area contributed by atoms with E-state index >= 15 is 0 Å². The fourth-order valence-corrected chi connectivity index (χ4v) is 3.55. The van der Waals surface area contributed by atoms with Gasteiger partial charge in [0.1, 0.15) is 5.54 Å². The van der Waals surface area contributed by atoms with Crippen LogP contribution in [0.25, 0.3) is 0 Å². The Morgan fingerprint density at radius 2 is 1.86 bits per heavy atom. The molecule has 0 aliphatic heterocycles. The van der Waals surface area contributed by atoms with Gasteiger partial charge < -0.3 is 9.47 Å². The highest BCUT2D eigenvalue weighted by molar-refractivity contribution is 5.82. The van der Waals surface area contributed by atoms with E-state index in [4.69, 9.17) is 9.47 Å². The van der Waals surface area contributed by atoms with Gasteiger partial charge in [-0.3, -0.25) is 5.32 Å². The van der Waals surface area contributed by atoms with Crippen LogP contribution in [0, 0.1) is 11.8 Å². The van der Waals surface area contributed by atoms with Crippen molar-refractivity contribution in [3.8, 4) is 0 Å². The molecule has 4 heteroatoms. The quantitative estimate of drug-likeness (QED) is 0.664. The monoisotopic (exact) mass is 295 g/mol. The van der Waals surface area contributed by atoms with Gasteiger partial charge in [0.05, 0.1) is 13.2 Å². The molecule has 3 aliphatic rings. The first kappa shape index (κ1) is 15.3. The Hall–Kier alpha value is -0.610. The van der Waals surface area contributed by atoms with Crippen molar-refractivity contribution >= 4 is 5.97 Å². The van der Waals surface area contributed by atoms with Gasteiger partial charge in [0.25, 0.3) is 0 Å². The summed E-state index contributed by atoms with van der Waals surface area (Å²) in [7, 11) is 0. The first-order valence-electron chi connectivity index (χ1n) is 8.77. The van der Waals surface area contributed by atoms with Crippen LogP contribution in [0.1, 0.15) is 58.3 Å². The minimum Gasteiger partial charge on any atom is -0.465 e. The van der Waals surface area contributed by atoms with Crippen molar-refractivity contribution in [2.24, 2.45) is 11.8 Å². The molecule has 0 radical (unpaired) electrons. The number of hydrogen-bond donors (Lipinski definition) is 1. The van der Waals surface area contributed by atoms with Crippen molar-refractivity contribution in [1.29, 1.82) is 0 Å². The average Bonchev–Trinajstić information content (AvgIpc) is 3.39. The van der Waals surface area contributed by atoms with E-state index in [9.17, 15) is 4.79 Å². The second-order valence-electron chi connectivity index (χ2n) is 7.05. The zero-order chi connectivity index (χ0) is 14.7. The van der Waals surface area contributed by atoms with Crippen LogP contribution in [0.2, 0.25) is 0 Å². The molecule has 0 aromatic rings. The van der Waals surface area contributed by atoms with Crippen LogP contribution >= 0.6 is 0 Å². The molecule has 3 rings (SSSR count). The standard InChI is InChI=1S/C17H29NO3/c1-2-21-16(19)17(14-7-8-14,18-15-9-10-15)12-20-11-13-5-3-4-6-13/h13-15,18H,2-12H2,1H3. The topological polar surface area (TPSA) is 47.6 Å². The largest absolute Gasteiger partial charge is 0.465 e. The molecule has 0 amide bonds. The van der Waals surface area contributed by atoms with Crippen LogP contribution in [-0.2, 0) is 14.3 Å². The smallest absolute Gasteiger partial charge is 0.329 e. The van der Waals surface area contributed by atoms with E-state index in [1.165, 1.54) is 38.5 Å². The summed E-state index contributed by atoms with van der Waals surface area (Å²) in [5.41, 5.74) is -0.574.